The summed E-state index contributed by atoms with van der Waals surface area (Å²) in [5, 5.41) is 5.92. The molecule has 0 bridgehead atoms. The Labute approximate surface area is 154 Å². The number of amides is 1. The minimum atomic E-state index is -0.0741. The van der Waals surface area contributed by atoms with Crippen molar-refractivity contribution in [1.29, 1.82) is 0 Å². The number of benzene rings is 2. The highest BCUT2D eigenvalue weighted by Crippen LogP contribution is 2.28. The topological polar surface area (TPSA) is 35.9 Å². The average Bonchev–Trinajstić information content (AvgIpc) is 3.27. The molecule has 1 saturated heterocycles. The van der Waals surface area contributed by atoms with Gasteiger partial charge < -0.3 is 4.90 Å². The summed E-state index contributed by atoms with van der Waals surface area (Å²) in [6, 6.07) is 16.0. The number of hydrazone groups is 1. The number of carbonyl (C=O) groups excluding carboxylic acids is 1. The molecule has 2 heterocycles. The van der Waals surface area contributed by atoms with Crippen LogP contribution in [0.5, 0.6) is 0 Å². The maximum absolute atomic E-state index is 12.8. The number of hydrogen-bond donors (Lipinski definition) is 0. The van der Waals surface area contributed by atoms with Crippen molar-refractivity contribution in [1.82, 2.24) is 0 Å². The molecule has 26 heavy (non-hydrogen) atoms. The van der Waals surface area contributed by atoms with Gasteiger partial charge in [-0.15, -0.1) is 0 Å². The van der Waals surface area contributed by atoms with Crippen molar-refractivity contribution in [2.24, 2.45) is 5.10 Å². The minimum Gasteiger partial charge on any atom is -0.371 e. The summed E-state index contributed by atoms with van der Waals surface area (Å²) in [4.78, 5) is 15.3. The lowest BCUT2D eigenvalue weighted by Gasteiger charge is -2.20. The van der Waals surface area contributed by atoms with Gasteiger partial charge in [-0.05, 0) is 68.2 Å². The second kappa shape index (κ2) is 6.79. The fourth-order valence-electron chi connectivity index (χ4n) is 3.68. The lowest BCUT2D eigenvalue weighted by molar-refractivity contribution is -0.114. The molecule has 0 atom stereocenters. The van der Waals surface area contributed by atoms with Gasteiger partial charge in [0.15, 0.2) is 0 Å². The fourth-order valence-corrected chi connectivity index (χ4v) is 3.68. The van der Waals surface area contributed by atoms with Crippen LogP contribution in [-0.2, 0) is 4.79 Å². The Morgan fingerprint density at radius 3 is 2.42 bits per heavy atom. The van der Waals surface area contributed by atoms with Gasteiger partial charge in [-0.3, -0.25) is 4.79 Å². The van der Waals surface area contributed by atoms with Crippen LogP contribution in [0.1, 0.15) is 30.9 Å². The van der Waals surface area contributed by atoms with Crippen LogP contribution >= 0.6 is 0 Å². The quantitative estimate of drug-likeness (QED) is 0.773. The normalized spacial score (nSPS) is 18.8. The monoisotopic (exact) mass is 345 g/mol. The number of para-hydroxylation sites is 1. The molecule has 0 saturated carbocycles. The highest BCUT2D eigenvalue weighted by atomic mass is 16.2. The van der Waals surface area contributed by atoms with E-state index in [4.69, 9.17) is 0 Å². The molecular formula is C22H23N3O. The van der Waals surface area contributed by atoms with Crippen LogP contribution < -0.4 is 9.91 Å². The van der Waals surface area contributed by atoms with Gasteiger partial charge >= 0.3 is 0 Å². The van der Waals surface area contributed by atoms with E-state index in [1.807, 2.05) is 43.3 Å². The van der Waals surface area contributed by atoms with Crippen LogP contribution in [0.15, 0.2) is 59.2 Å². The molecule has 0 spiro atoms. The summed E-state index contributed by atoms with van der Waals surface area (Å²) < 4.78 is 0. The molecule has 0 radical (unpaired) electrons. The van der Waals surface area contributed by atoms with Crippen molar-refractivity contribution in [3.05, 3.63) is 65.2 Å². The molecule has 0 unspecified atom stereocenters. The predicted molar refractivity (Wildman–Crippen MR) is 108 cm³/mol. The maximum Gasteiger partial charge on any atom is 0.280 e. The first-order valence-corrected chi connectivity index (χ1v) is 9.16. The van der Waals surface area contributed by atoms with Crippen LogP contribution in [0, 0.1) is 6.92 Å². The third kappa shape index (κ3) is 3.03. The third-order valence-corrected chi connectivity index (χ3v) is 5.04. The number of hydrogen-bond acceptors (Lipinski definition) is 3. The average molecular weight is 345 g/mol. The number of rotatable bonds is 3. The lowest BCUT2D eigenvalue weighted by Crippen LogP contribution is -2.21. The molecule has 2 aliphatic rings. The van der Waals surface area contributed by atoms with Crippen LogP contribution in [0.3, 0.4) is 0 Å². The first kappa shape index (κ1) is 16.6. The molecule has 4 nitrogen and oxygen atoms in total. The highest BCUT2D eigenvalue weighted by molar-refractivity contribution is 6.32. The first-order valence-electron chi connectivity index (χ1n) is 9.16. The Morgan fingerprint density at radius 2 is 1.73 bits per heavy atom. The molecule has 1 fully saturated rings. The van der Waals surface area contributed by atoms with E-state index in [9.17, 15) is 4.79 Å². The summed E-state index contributed by atoms with van der Waals surface area (Å²) in [5.74, 6) is -0.0741. The molecule has 2 aromatic carbocycles. The number of carbonyl (C=O) groups is 1. The van der Waals surface area contributed by atoms with Gasteiger partial charge in [0.2, 0.25) is 0 Å². The van der Waals surface area contributed by atoms with Crippen LogP contribution in [-0.4, -0.2) is 24.7 Å². The van der Waals surface area contributed by atoms with Crippen molar-refractivity contribution in [3.8, 4) is 0 Å². The minimum absolute atomic E-state index is 0.0741. The van der Waals surface area contributed by atoms with Gasteiger partial charge in [0, 0.05) is 18.8 Å². The summed E-state index contributed by atoms with van der Waals surface area (Å²) >= 11 is 0. The Hall–Kier alpha value is -2.88. The van der Waals surface area contributed by atoms with E-state index in [0.717, 1.165) is 30.1 Å². The number of aryl methyl sites for hydroxylation is 1. The number of anilines is 2. The van der Waals surface area contributed by atoms with Crippen molar-refractivity contribution < 1.29 is 4.79 Å². The van der Waals surface area contributed by atoms with Gasteiger partial charge in [0.1, 0.15) is 0 Å². The second-order valence-electron chi connectivity index (χ2n) is 6.94. The smallest absolute Gasteiger partial charge is 0.280 e. The highest BCUT2D eigenvalue weighted by Gasteiger charge is 2.28. The largest absolute Gasteiger partial charge is 0.371 e. The molecule has 0 aliphatic carbocycles. The zero-order valence-corrected chi connectivity index (χ0v) is 15.3. The summed E-state index contributed by atoms with van der Waals surface area (Å²) in [6.45, 7) is 6.30. The maximum atomic E-state index is 12.8. The van der Waals surface area contributed by atoms with Crippen LogP contribution in [0.2, 0.25) is 0 Å². The van der Waals surface area contributed by atoms with E-state index in [-0.39, 0.29) is 5.91 Å². The first-order chi connectivity index (χ1) is 12.6. The van der Waals surface area contributed by atoms with Crippen LogP contribution in [0.25, 0.3) is 6.08 Å². The van der Waals surface area contributed by atoms with Crippen LogP contribution in [0.4, 0.5) is 11.4 Å². The Kier molecular flexibility index (Phi) is 4.33. The fraction of sp³-hybridized carbons (Fsp3) is 0.273. The van der Waals surface area contributed by atoms with Gasteiger partial charge in [0.05, 0.1) is 17.0 Å². The molecule has 132 valence electrons. The van der Waals surface area contributed by atoms with E-state index in [1.165, 1.54) is 29.1 Å². The number of nitrogens with zero attached hydrogens (tertiary/aromatic N) is 3. The van der Waals surface area contributed by atoms with Crippen molar-refractivity contribution in [2.45, 2.75) is 26.7 Å². The van der Waals surface area contributed by atoms with Crippen molar-refractivity contribution in [3.63, 3.8) is 0 Å². The SMILES string of the molecule is CC1=NN(c2ccccc2)C(=O)/C1=C\c1ccc(N2CCCC2)c(C)c1. The van der Waals surface area contributed by atoms with E-state index >= 15 is 0 Å². The molecule has 4 heteroatoms. The third-order valence-electron chi connectivity index (χ3n) is 5.04. The van der Waals surface area contributed by atoms with E-state index < -0.39 is 0 Å². The van der Waals surface area contributed by atoms with Crippen molar-refractivity contribution >= 4 is 29.1 Å². The lowest BCUT2D eigenvalue weighted by atomic mass is 10.0. The molecular weight excluding hydrogens is 322 g/mol. The van der Waals surface area contributed by atoms with E-state index in [0.29, 0.717) is 5.57 Å². The second-order valence-corrected chi connectivity index (χ2v) is 6.94. The Morgan fingerprint density at radius 1 is 1.00 bits per heavy atom. The van der Waals surface area contributed by atoms with Gasteiger partial charge in [-0.1, -0.05) is 24.3 Å². The predicted octanol–water partition coefficient (Wildman–Crippen LogP) is 4.40. The molecule has 0 aromatic heterocycles. The molecule has 4 rings (SSSR count). The summed E-state index contributed by atoms with van der Waals surface area (Å²) in [5.41, 5.74) is 5.79. The summed E-state index contributed by atoms with van der Waals surface area (Å²) in [7, 11) is 0. The zero-order chi connectivity index (χ0) is 18.1. The standard InChI is InChI=1S/C22H23N3O/c1-16-14-18(10-11-21(16)24-12-6-7-13-24)15-20-17(2)23-25(22(20)26)19-8-4-3-5-9-19/h3-5,8-11,14-15H,6-7,12-13H2,1-2H3/b20-15-. The Balaban J connectivity index is 1.61. The van der Waals surface area contributed by atoms with E-state index in [1.54, 1.807) is 0 Å². The molecule has 1 amide bonds. The summed E-state index contributed by atoms with van der Waals surface area (Å²) in [6.07, 6.45) is 4.49. The van der Waals surface area contributed by atoms with E-state index in [2.05, 4.69) is 35.1 Å². The molecule has 2 aliphatic heterocycles. The zero-order valence-electron chi connectivity index (χ0n) is 15.3. The molecule has 0 N–H and O–H groups in total. The Bertz CT molecular complexity index is 893. The van der Waals surface area contributed by atoms with Crippen molar-refractivity contribution in [2.75, 3.05) is 23.0 Å². The van der Waals surface area contributed by atoms with Gasteiger partial charge in [0.25, 0.3) is 5.91 Å². The van der Waals surface area contributed by atoms with Gasteiger partial charge in [-0.25, -0.2) is 0 Å². The molecule has 2 aromatic rings. The van der Waals surface area contributed by atoms with Gasteiger partial charge in [-0.2, -0.15) is 10.1 Å².